The molecule has 5 heteroatoms. The van der Waals surface area contributed by atoms with Gasteiger partial charge >= 0.3 is 0 Å². The monoisotopic (exact) mass is 340 g/mol. The van der Waals surface area contributed by atoms with Crippen LogP contribution < -0.4 is 15.4 Å². The molecule has 1 saturated heterocycles. The van der Waals surface area contributed by atoms with Gasteiger partial charge in [0.05, 0.1) is 17.0 Å². The van der Waals surface area contributed by atoms with E-state index in [-0.39, 0.29) is 11.3 Å². The molecule has 1 aliphatic rings. The van der Waals surface area contributed by atoms with Gasteiger partial charge in [-0.1, -0.05) is 6.92 Å². The van der Waals surface area contributed by atoms with Crippen molar-refractivity contribution in [3.8, 4) is 5.75 Å². The predicted molar refractivity (Wildman–Crippen MR) is 84.2 cm³/mol. The number of carbonyl (C=O) groups excluding carboxylic acids is 1. The summed E-state index contributed by atoms with van der Waals surface area (Å²) in [6.45, 7) is 3.91. The van der Waals surface area contributed by atoms with E-state index in [2.05, 4.69) is 33.5 Å². The van der Waals surface area contributed by atoms with Gasteiger partial charge in [-0.15, -0.1) is 0 Å². The minimum absolute atomic E-state index is 0.124. The number of halogens is 1. The molecular formula is C15H21BrN2O2. The fourth-order valence-corrected chi connectivity index (χ4v) is 3.19. The van der Waals surface area contributed by atoms with Crippen LogP contribution in [0.1, 0.15) is 26.2 Å². The summed E-state index contributed by atoms with van der Waals surface area (Å²) < 4.78 is 6.04. The lowest BCUT2D eigenvalue weighted by Crippen LogP contribution is -2.44. The van der Waals surface area contributed by atoms with Gasteiger partial charge in [0.25, 0.3) is 0 Å². The van der Waals surface area contributed by atoms with Crippen LogP contribution in [0.4, 0.5) is 5.69 Å². The quantitative estimate of drug-likeness (QED) is 0.884. The van der Waals surface area contributed by atoms with Crippen LogP contribution in [0.25, 0.3) is 0 Å². The zero-order valence-corrected chi connectivity index (χ0v) is 13.5. The molecule has 20 heavy (non-hydrogen) atoms. The van der Waals surface area contributed by atoms with Crippen molar-refractivity contribution in [3.63, 3.8) is 0 Å². The first kappa shape index (κ1) is 15.3. The van der Waals surface area contributed by atoms with Gasteiger partial charge in [0.15, 0.2) is 0 Å². The normalized spacial score (nSPS) is 17.6. The Kier molecular flexibility index (Phi) is 5.05. The molecule has 0 aliphatic carbocycles. The van der Waals surface area contributed by atoms with E-state index in [0.717, 1.165) is 48.3 Å². The number of ether oxygens (including phenoxy) is 1. The zero-order valence-electron chi connectivity index (χ0n) is 12.0. The van der Waals surface area contributed by atoms with Crippen molar-refractivity contribution >= 4 is 27.5 Å². The van der Waals surface area contributed by atoms with Crippen LogP contribution in [0.2, 0.25) is 0 Å². The Morgan fingerprint density at radius 1 is 1.45 bits per heavy atom. The first-order valence-electron chi connectivity index (χ1n) is 6.97. The third-order valence-electron chi connectivity index (χ3n) is 4.13. The van der Waals surface area contributed by atoms with Gasteiger partial charge in [-0.2, -0.15) is 0 Å². The van der Waals surface area contributed by atoms with Gasteiger partial charge in [0.2, 0.25) is 5.91 Å². The molecular weight excluding hydrogens is 320 g/mol. The lowest BCUT2D eigenvalue weighted by Gasteiger charge is -2.35. The molecule has 0 bridgehead atoms. The van der Waals surface area contributed by atoms with E-state index in [4.69, 9.17) is 4.74 Å². The van der Waals surface area contributed by atoms with Gasteiger partial charge in [0.1, 0.15) is 5.75 Å². The molecule has 1 amide bonds. The summed E-state index contributed by atoms with van der Waals surface area (Å²) in [6, 6.07) is 5.59. The van der Waals surface area contributed by atoms with Crippen molar-refractivity contribution < 1.29 is 9.53 Å². The zero-order chi connectivity index (χ0) is 14.6. The SMILES string of the molecule is CCC1(C(=O)Nc2ccc(OC)c(Br)c2)CCNCC1. The lowest BCUT2D eigenvalue weighted by atomic mass is 9.76. The van der Waals surface area contributed by atoms with Crippen molar-refractivity contribution in [2.24, 2.45) is 5.41 Å². The number of rotatable bonds is 4. The molecule has 1 fully saturated rings. The van der Waals surface area contributed by atoms with Gasteiger partial charge in [0, 0.05) is 5.69 Å². The molecule has 1 heterocycles. The number of amides is 1. The number of hydrogen-bond donors (Lipinski definition) is 2. The Hall–Kier alpha value is -1.07. The molecule has 2 rings (SSSR count). The molecule has 0 aromatic heterocycles. The molecule has 1 aromatic rings. The number of piperidine rings is 1. The van der Waals surface area contributed by atoms with Crippen LogP contribution in [0.5, 0.6) is 5.75 Å². The number of methoxy groups -OCH3 is 1. The Balaban J connectivity index is 2.12. The predicted octanol–water partition coefficient (Wildman–Crippen LogP) is 3.18. The fraction of sp³-hybridized carbons (Fsp3) is 0.533. The van der Waals surface area contributed by atoms with E-state index < -0.39 is 0 Å². The Morgan fingerprint density at radius 2 is 2.15 bits per heavy atom. The van der Waals surface area contributed by atoms with Crippen LogP contribution in [0.15, 0.2) is 22.7 Å². The van der Waals surface area contributed by atoms with Gasteiger partial charge < -0.3 is 15.4 Å². The second-order valence-electron chi connectivity index (χ2n) is 5.19. The summed E-state index contributed by atoms with van der Waals surface area (Å²) in [5.41, 5.74) is 0.562. The van der Waals surface area contributed by atoms with Gasteiger partial charge in [-0.05, 0) is 66.5 Å². The summed E-state index contributed by atoms with van der Waals surface area (Å²) in [5.74, 6) is 0.883. The second-order valence-corrected chi connectivity index (χ2v) is 6.04. The van der Waals surface area contributed by atoms with Crippen molar-refractivity contribution in [2.45, 2.75) is 26.2 Å². The van der Waals surface area contributed by atoms with Crippen LogP contribution in [0, 0.1) is 5.41 Å². The summed E-state index contributed by atoms with van der Waals surface area (Å²) in [7, 11) is 1.62. The number of anilines is 1. The van der Waals surface area contributed by atoms with E-state index >= 15 is 0 Å². The molecule has 1 aromatic carbocycles. The number of hydrogen-bond acceptors (Lipinski definition) is 3. The molecule has 0 radical (unpaired) electrons. The average Bonchev–Trinajstić information content (AvgIpc) is 2.48. The third-order valence-corrected chi connectivity index (χ3v) is 4.75. The van der Waals surface area contributed by atoms with Crippen LogP contribution in [0.3, 0.4) is 0 Å². The Labute approximate surface area is 128 Å². The van der Waals surface area contributed by atoms with Crippen molar-refractivity contribution in [1.29, 1.82) is 0 Å². The number of nitrogens with one attached hydrogen (secondary N) is 2. The highest BCUT2D eigenvalue weighted by atomic mass is 79.9. The Bertz CT molecular complexity index is 485. The summed E-state index contributed by atoms with van der Waals surface area (Å²) in [4.78, 5) is 12.6. The maximum Gasteiger partial charge on any atom is 0.230 e. The third kappa shape index (κ3) is 3.15. The largest absolute Gasteiger partial charge is 0.496 e. The standard InChI is InChI=1S/C15H21BrN2O2/c1-3-15(6-8-17-9-7-15)14(19)18-11-4-5-13(20-2)12(16)10-11/h4-5,10,17H,3,6-9H2,1-2H3,(H,18,19). The molecule has 0 spiro atoms. The maximum atomic E-state index is 12.6. The molecule has 110 valence electrons. The molecule has 4 nitrogen and oxygen atoms in total. The van der Waals surface area contributed by atoms with Crippen molar-refractivity contribution in [2.75, 3.05) is 25.5 Å². The van der Waals surface area contributed by atoms with E-state index in [9.17, 15) is 4.79 Å². The molecule has 0 saturated carbocycles. The molecule has 0 unspecified atom stereocenters. The average molecular weight is 341 g/mol. The van der Waals surface area contributed by atoms with Crippen molar-refractivity contribution in [3.05, 3.63) is 22.7 Å². The summed E-state index contributed by atoms with van der Waals surface area (Å²) in [6.07, 6.45) is 2.66. The topological polar surface area (TPSA) is 50.4 Å². The number of benzene rings is 1. The minimum Gasteiger partial charge on any atom is -0.496 e. The van der Waals surface area contributed by atoms with Gasteiger partial charge in [-0.3, -0.25) is 4.79 Å². The highest BCUT2D eigenvalue weighted by Crippen LogP contribution is 2.35. The minimum atomic E-state index is -0.238. The first-order chi connectivity index (χ1) is 9.61. The lowest BCUT2D eigenvalue weighted by molar-refractivity contribution is -0.127. The van der Waals surface area contributed by atoms with E-state index in [0.29, 0.717) is 0 Å². The first-order valence-corrected chi connectivity index (χ1v) is 7.76. The Morgan fingerprint density at radius 3 is 2.70 bits per heavy atom. The highest BCUT2D eigenvalue weighted by Gasteiger charge is 2.37. The maximum absolute atomic E-state index is 12.6. The highest BCUT2D eigenvalue weighted by molar-refractivity contribution is 9.10. The van der Waals surface area contributed by atoms with E-state index in [1.807, 2.05) is 18.2 Å². The number of carbonyl (C=O) groups is 1. The van der Waals surface area contributed by atoms with Crippen LogP contribution >= 0.6 is 15.9 Å². The molecule has 2 N–H and O–H groups in total. The van der Waals surface area contributed by atoms with Crippen molar-refractivity contribution in [1.82, 2.24) is 5.32 Å². The van der Waals surface area contributed by atoms with E-state index in [1.165, 1.54) is 0 Å². The molecule has 1 aliphatic heterocycles. The summed E-state index contributed by atoms with van der Waals surface area (Å²) in [5, 5.41) is 6.36. The van der Waals surface area contributed by atoms with Gasteiger partial charge in [-0.25, -0.2) is 0 Å². The smallest absolute Gasteiger partial charge is 0.230 e. The van der Waals surface area contributed by atoms with E-state index in [1.54, 1.807) is 7.11 Å². The summed E-state index contributed by atoms with van der Waals surface area (Å²) >= 11 is 3.44. The van der Waals surface area contributed by atoms with Crippen LogP contribution in [-0.2, 0) is 4.79 Å². The van der Waals surface area contributed by atoms with Crippen LogP contribution in [-0.4, -0.2) is 26.1 Å². The molecule has 0 atom stereocenters. The fourth-order valence-electron chi connectivity index (χ4n) is 2.65. The second kappa shape index (κ2) is 6.59.